The molecule has 0 spiro atoms. The van der Waals surface area contributed by atoms with Crippen molar-refractivity contribution in [3.05, 3.63) is 83.9 Å². The number of pyridine rings is 1. The topological polar surface area (TPSA) is 95.7 Å². The minimum atomic E-state index is -0.502. The lowest BCUT2D eigenvalue weighted by molar-refractivity contribution is 0.0525. The van der Waals surface area contributed by atoms with Crippen molar-refractivity contribution in [2.24, 2.45) is 0 Å². The number of alkyl carbamates (subject to hydrolysis) is 1. The maximum Gasteiger partial charge on any atom is 0.407 e. The molecule has 0 bridgehead atoms. The molecular weight excluding hydrogens is 482 g/mol. The third kappa shape index (κ3) is 7.25. The molecule has 38 heavy (non-hydrogen) atoms. The maximum absolute atomic E-state index is 11.7. The van der Waals surface area contributed by atoms with E-state index in [1.54, 1.807) is 6.20 Å². The van der Waals surface area contributed by atoms with Crippen LogP contribution in [0.5, 0.6) is 11.5 Å². The molecule has 0 aliphatic heterocycles. The van der Waals surface area contributed by atoms with Crippen molar-refractivity contribution in [2.45, 2.75) is 58.7 Å². The van der Waals surface area contributed by atoms with Gasteiger partial charge < -0.3 is 23.9 Å². The summed E-state index contributed by atoms with van der Waals surface area (Å²) in [6, 6.07) is 19.8. The number of carbonyl (C=O) groups excluding carboxylic acids is 1. The first-order chi connectivity index (χ1) is 18.1. The fourth-order valence-corrected chi connectivity index (χ4v) is 3.89. The van der Waals surface area contributed by atoms with Crippen molar-refractivity contribution in [3.8, 4) is 11.5 Å². The second-order valence-electron chi connectivity index (χ2n) is 10.5. The van der Waals surface area contributed by atoms with Gasteiger partial charge in [-0.15, -0.1) is 0 Å². The predicted octanol–water partition coefficient (Wildman–Crippen LogP) is 6.42. The summed E-state index contributed by atoms with van der Waals surface area (Å²) in [5.74, 6) is 2.02. The lowest BCUT2D eigenvalue weighted by Gasteiger charge is -2.26. The average Bonchev–Trinajstić information content (AvgIpc) is 3.30. The normalized spacial score (nSPS) is 11.8. The number of fused-ring (bicyclic) bond motifs is 1. The van der Waals surface area contributed by atoms with Gasteiger partial charge in [0.15, 0.2) is 17.8 Å². The second-order valence-corrected chi connectivity index (χ2v) is 10.5. The molecule has 0 unspecified atom stereocenters. The van der Waals surface area contributed by atoms with Crippen molar-refractivity contribution in [1.29, 1.82) is 0 Å². The number of nitrogens with one attached hydrogen (secondary N) is 1. The standard InChI is InChI=1S/C30H35N3O5/c1-29(2,3)38-28(34)32-18-7-19-35-23-13-9-21(10-14-23)30(4,5)22-11-15-24(16-12-22)36-20-26-33-27-25(37-26)8-6-17-31-27/h6,8-17H,7,18-20H2,1-5H3,(H,32,34). The van der Waals surface area contributed by atoms with Gasteiger partial charge >= 0.3 is 6.09 Å². The number of oxazole rings is 1. The van der Waals surface area contributed by atoms with Crippen molar-refractivity contribution >= 4 is 17.3 Å². The van der Waals surface area contributed by atoms with Crippen LogP contribution in [-0.4, -0.2) is 34.8 Å². The molecule has 0 saturated heterocycles. The second kappa shape index (κ2) is 11.5. The molecule has 0 radical (unpaired) electrons. The molecule has 8 heteroatoms. The van der Waals surface area contributed by atoms with Gasteiger partial charge in [0.2, 0.25) is 5.89 Å². The number of rotatable bonds is 10. The largest absolute Gasteiger partial charge is 0.494 e. The van der Waals surface area contributed by atoms with Crippen LogP contribution in [0.3, 0.4) is 0 Å². The Kier molecular flexibility index (Phi) is 8.20. The molecule has 0 aliphatic rings. The number of nitrogens with zero attached hydrogens (tertiary/aromatic N) is 2. The van der Waals surface area contributed by atoms with Crippen LogP contribution in [0.2, 0.25) is 0 Å². The van der Waals surface area contributed by atoms with Gasteiger partial charge in [-0.3, -0.25) is 0 Å². The van der Waals surface area contributed by atoms with Crippen LogP contribution >= 0.6 is 0 Å². The van der Waals surface area contributed by atoms with Crippen molar-refractivity contribution in [1.82, 2.24) is 15.3 Å². The maximum atomic E-state index is 11.7. The zero-order valence-electron chi connectivity index (χ0n) is 22.6. The van der Waals surface area contributed by atoms with E-state index in [-0.39, 0.29) is 12.0 Å². The van der Waals surface area contributed by atoms with Crippen LogP contribution in [0.15, 0.2) is 71.3 Å². The van der Waals surface area contributed by atoms with E-state index in [2.05, 4.69) is 53.4 Å². The number of ether oxygens (including phenoxy) is 3. The molecule has 8 nitrogen and oxygen atoms in total. The van der Waals surface area contributed by atoms with E-state index in [4.69, 9.17) is 18.6 Å². The van der Waals surface area contributed by atoms with Gasteiger partial charge in [0, 0.05) is 18.2 Å². The summed E-state index contributed by atoms with van der Waals surface area (Å²) < 4.78 is 22.6. The Morgan fingerprint density at radius 3 is 2.13 bits per heavy atom. The quantitative estimate of drug-likeness (QED) is 0.242. The average molecular weight is 518 g/mol. The van der Waals surface area contributed by atoms with E-state index in [0.717, 1.165) is 17.1 Å². The van der Waals surface area contributed by atoms with Gasteiger partial charge in [-0.05, 0) is 74.7 Å². The molecule has 0 atom stereocenters. The van der Waals surface area contributed by atoms with Crippen molar-refractivity contribution in [3.63, 3.8) is 0 Å². The van der Waals surface area contributed by atoms with Crippen molar-refractivity contribution in [2.75, 3.05) is 13.2 Å². The van der Waals surface area contributed by atoms with Crippen LogP contribution in [0.25, 0.3) is 11.2 Å². The summed E-state index contributed by atoms with van der Waals surface area (Å²) >= 11 is 0. The minimum Gasteiger partial charge on any atom is -0.494 e. The Balaban J connectivity index is 1.26. The predicted molar refractivity (Wildman–Crippen MR) is 145 cm³/mol. The first kappa shape index (κ1) is 27.0. The van der Waals surface area contributed by atoms with Crippen molar-refractivity contribution < 1.29 is 23.4 Å². The molecule has 1 amide bonds. The zero-order chi connectivity index (χ0) is 27.2. The summed E-state index contributed by atoms with van der Waals surface area (Å²) in [7, 11) is 0. The fraction of sp³-hybridized carbons (Fsp3) is 0.367. The van der Waals surface area contributed by atoms with Gasteiger partial charge in [0.25, 0.3) is 0 Å². The lowest BCUT2D eigenvalue weighted by atomic mass is 9.78. The highest BCUT2D eigenvalue weighted by atomic mass is 16.6. The lowest BCUT2D eigenvalue weighted by Crippen LogP contribution is -2.33. The highest BCUT2D eigenvalue weighted by Crippen LogP contribution is 2.33. The fourth-order valence-electron chi connectivity index (χ4n) is 3.89. The van der Waals surface area contributed by atoms with Crippen LogP contribution in [0, 0.1) is 0 Å². The molecule has 200 valence electrons. The monoisotopic (exact) mass is 517 g/mol. The highest BCUT2D eigenvalue weighted by Gasteiger charge is 2.23. The number of benzene rings is 2. The van der Waals surface area contributed by atoms with Crippen LogP contribution in [0.4, 0.5) is 4.79 Å². The smallest absolute Gasteiger partial charge is 0.407 e. The Morgan fingerprint density at radius 1 is 0.895 bits per heavy atom. The molecule has 0 saturated carbocycles. The van der Waals surface area contributed by atoms with Gasteiger partial charge in [-0.1, -0.05) is 38.1 Å². The summed E-state index contributed by atoms with van der Waals surface area (Å²) in [4.78, 5) is 20.2. The SMILES string of the molecule is CC(C)(C)OC(=O)NCCCOc1ccc(C(C)(C)c2ccc(OCc3nc4ncccc4o3)cc2)cc1. The third-order valence-corrected chi connectivity index (χ3v) is 5.98. The Hall–Kier alpha value is -4.07. The first-order valence-corrected chi connectivity index (χ1v) is 12.7. The van der Waals surface area contributed by atoms with Crippen LogP contribution < -0.4 is 14.8 Å². The number of aromatic nitrogens is 2. The summed E-state index contributed by atoms with van der Waals surface area (Å²) in [5, 5.41) is 2.74. The molecule has 4 aromatic rings. The molecule has 2 heterocycles. The van der Waals surface area contributed by atoms with E-state index in [1.165, 1.54) is 5.56 Å². The molecule has 4 rings (SSSR count). The summed E-state index contributed by atoms with van der Waals surface area (Å²) in [5.41, 5.74) is 2.85. The summed E-state index contributed by atoms with van der Waals surface area (Å²) in [6.07, 6.45) is 1.96. The molecular formula is C30H35N3O5. The highest BCUT2D eigenvalue weighted by molar-refractivity contribution is 5.67. The van der Waals surface area contributed by atoms with E-state index in [1.807, 2.05) is 57.2 Å². The Morgan fingerprint density at radius 2 is 1.53 bits per heavy atom. The molecule has 0 fully saturated rings. The molecule has 2 aromatic carbocycles. The summed E-state index contributed by atoms with van der Waals surface area (Å²) in [6.45, 7) is 11.1. The van der Waals surface area contributed by atoms with E-state index < -0.39 is 11.7 Å². The van der Waals surface area contributed by atoms with E-state index >= 15 is 0 Å². The third-order valence-electron chi connectivity index (χ3n) is 5.98. The van der Waals surface area contributed by atoms with Gasteiger partial charge in [-0.25, -0.2) is 9.78 Å². The van der Waals surface area contributed by atoms with Gasteiger partial charge in [-0.2, -0.15) is 4.98 Å². The molecule has 0 aliphatic carbocycles. The first-order valence-electron chi connectivity index (χ1n) is 12.7. The van der Waals surface area contributed by atoms with E-state index in [9.17, 15) is 4.79 Å². The molecule has 2 aromatic heterocycles. The number of amides is 1. The number of carbonyl (C=O) groups is 1. The van der Waals surface area contributed by atoms with Gasteiger partial charge in [0.05, 0.1) is 6.61 Å². The van der Waals surface area contributed by atoms with Crippen LogP contribution in [0.1, 0.15) is 58.1 Å². The number of hydrogen-bond acceptors (Lipinski definition) is 7. The number of hydrogen-bond donors (Lipinski definition) is 1. The zero-order valence-corrected chi connectivity index (χ0v) is 22.6. The molecule has 1 N–H and O–H groups in total. The minimum absolute atomic E-state index is 0.208. The van der Waals surface area contributed by atoms with Gasteiger partial charge in [0.1, 0.15) is 17.1 Å². The van der Waals surface area contributed by atoms with Crippen LogP contribution in [-0.2, 0) is 16.8 Å². The Labute approximate surface area is 223 Å². The van der Waals surface area contributed by atoms with E-state index in [0.29, 0.717) is 36.7 Å². The Bertz CT molecular complexity index is 1310.